The Kier molecular flexibility index (Phi) is 3.16. The molecule has 2 nitrogen and oxygen atoms in total. The predicted octanol–water partition coefficient (Wildman–Crippen LogP) is 3.59. The topological polar surface area (TPSA) is 33.1 Å². The highest BCUT2D eigenvalue weighted by atomic mass is 19.1. The molecule has 2 aromatic carbocycles. The van der Waals surface area contributed by atoms with Crippen molar-refractivity contribution in [3.8, 4) is 0 Å². The van der Waals surface area contributed by atoms with E-state index >= 15 is 0 Å². The lowest BCUT2D eigenvalue weighted by Gasteiger charge is -2.13. The normalized spacial score (nSPS) is 12.6. The second-order valence-corrected chi connectivity index (χ2v) is 4.50. The van der Waals surface area contributed by atoms with Crippen LogP contribution in [0.2, 0.25) is 0 Å². The van der Waals surface area contributed by atoms with Crippen LogP contribution in [-0.4, -0.2) is 10.1 Å². The van der Waals surface area contributed by atoms with E-state index in [4.69, 9.17) is 0 Å². The Hall–Kier alpha value is -2.33. The molecule has 0 aliphatic rings. The van der Waals surface area contributed by atoms with Crippen molar-refractivity contribution in [2.75, 3.05) is 0 Å². The van der Waals surface area contributed by atoms with Gasteiger partial charge in [0.15, 0.2) is 0 Å². The van der Waals surface area contributed by atoms with Crippen molar-refractivity contribution >= 4 is 10.9 Å². The lowest BCUT2D eigenvalue weighted by atomic mass is 10.0. The number of hydrogen-bond acceptors (Lipinski definition) is 2. The van der Waals surface area contributed by atoms with Crippen LogP contribution >= 0.6 is 0 Å². The minimum Gasteiger partial charge on any atom is -0.383 e. The lowest BCUT2D eigenvalue weighted by Crippen LogP contribution is -2.06. The summed E-state index contributed by atoms with van der Waals surface area (Å²) < 4.78 is 27.4. The first-order chi connectivity index (χ1) is 9.66. The zero-order chi connectivity index (χ0) is 14.1. The maximum absolute atomic E-state index is 13.7. The number of halogens is 2. The van der Waals surface area contributed by atoms with E-state index in [0.717, 1.165) is 23.0 Å². The molecule has 0 spiro atoms. The van der Waals surface area contributed by atoms with Gasteiger partial charge in [-0.2, -0.15) is 0 Å². The molecule has 3 aromatic rings. The molecular weight excluding hydrogens is 260 g/mol. The van der Waals surface area contributed by atoms with Crippen molar-refractivity contribution in [2.45, 2.75) is 6.10 Å². The van der Waals surface area contributed by atoms with Gasteiger partial charge in [0.25, 0.3) is 0 Å². The van der Waals surface area contributed by atoms with Crippen molar-refractivity contribution in [3.05, 3.63) is 77.5 Å². The van der Waals surface area contributed by atoms with E-state index < -0.39 is 17.7 Å². The molecule has 1 N–H and O–H groups in total. The number of pyridine rings is 1. The summed E-state index contributed by atoms with van der Waals surface area (Å²) in [6.07, 6.45) is 0.0482. The minimum absolute atomic E-state index is 0.354. The number of para-hydroxylation sites is 1. The third-order valence-electron chi connectivity index (χ3n) is 3.20. The number of benzene rings is 2. The fourth-order valence-electron chi connectivity index (χ4n) is 2.18. The number of nitrogens with zero attached hydrogens (tertiary/aromatic N) is 1. The highest BCUT2D eigenvalue weighted by molar-refractivity contribution is 5.78. The molecule has 0 aliphatic heterocycles. The monoisotopic (exact) mass is 271 g/mol. The Labute approximate surface area is 114 Å². The molecule has 0 amide bonds. The SMILES string of the molecule is OC(c1cnc2ccccc2c1)c1c(F)cccc1F. The van der Waals surface area contributed by atoms with Gasteiger partial charge in [0.05, 0.1) is 11.1 Å². The second-order valence-electron chi connectivity index (χ2n) is 4.50. The first-order valence-electron chi connectivity index (χ1n) is 6.13. The summed E-state index contributed by atoms with van der Waals surface area (Å²) in [7, 11) is 0. The number of aromatic nitrogens is 1. The van der Waals surface area contributed by atoms with Gasteiger partial charge in [-0.3, -0.25) is 4.98 Å². The summed E-state index contributed by atoms with van der Waals surface area (Å²) in [6, 6.07) is 12.5. The standard InChI is InChI=1S/C16H11F2NO/c17-12-5-3-6-13(18)15(12)16(20)11-8-10-4-1-2-7-14(10)19-9-11/h1-9,16,20H. The minimum atomic E-state index is -1.38. The van der Waals surface area contributed by atoms with Crippen LogP contribution in [0.5, 0.6) is 0 Å². The van der Waals surface area contributed by atoms with Crippen LogP contribution in [0, 0.1) is 11.6 Å². The van der Waals surface area contributed by atoms with Crippen LogP contribution < -0.4 is 0 Å². The van der Waals surface area contributed by atoms with Crippen LogP contribution in [0.3, 0.4) is 0 Å². The van der Waals surface area contributed by atoms with Gasteiger partial charge in [0, 0.05) is 17.1 Å². The van der Waals surface area contributed by atoms with Crippen LogP contribution in [0.4, 0.5) is 8.78 Å². The molecule has 100 valence electrons. The highest BCUT2D eigenvalue weighted by Gasteiger charge is 2.19. The molecule has 1 heterocycles. The average molecular weight is 271 g/mol. The Morgan fingerprint density at radius 2 is 1.65 bits per heavy atom. The number of rotatable bonds is 2. The molecule has 1 aromatic heterocycles. The molecule has 1 atom stereocenters. The molecule has 0 aliphatic carbocycles. The van der Waals surface area contributed by atoms with E-state index in [-0.39, 0.29) is 5.56 Å². The van der Waals surface area contributed by atoms with Gasteiger partial charge in [-0.1, -0.05) is 24.3 Å². The summed E-state index contributed by atoms with van der Waals surface area (Å²) in [5.74, 6) is -1.55. The van der Waals surface area contributed by atoms with E-state index in [2.05, 4.69) is 4.98 Å². The summed E-state index contributed by atoms with van der Waals surface area (Å²) in [6.45, 7) is 0. The van der Waals surface area contributed by atoms with E-state index in [9.17, 15) is 13.9 Å². The predicted molar refractivity (Wildman–Crippen MR) is 72.2 cm³/mol. The number of aliphatic hydroxyl groups excluding tert-OH is 1. The molecule has 0 radical (unpaired) electrons. The van der Waals surface area contributed by atoms with Gasteiger partial charge in [0.2, 0.25) is 0 Å². The van der Waals surface area contributed by atoms with Gasteiger partial charge in [-0.25, -0.2) is 8.78 Å². The van der Waals surface area contributed by atoms with Crippen LogP contribution in [0.1, 0.15) is 17.2 Å². The maximum Gasteiger partial charge on any atom is 0.132 e. The lowest BCUT2D eigenvalue weighted by molar-refractivity contribution is 0.209. The van der Waals surface area contributed by atoms with Gasteiger partial charge in [0.1, 0.15) is 17.7 Å². The fraction of sp³-hybridized carbons (Fsp3) is 0.0625. The summed E-state index contributed by atoms with van der Waals surface area (Å²) in [4.78, 5) is 4.18. The molecule has 20 heavy (non-hydrogen) atoms. The van der Waals surface area contributed by atoms with Gasteiger partial charge >= 0.3 is 0 Å². The summed E-state index contributed by atoms with van der Waals surface area (Å²) >= 11 is 0. The third-order valence-corrected chi connectivity index (χ3v) is 3.20. The van der Waals surface area contributed by atoms with Crippen molar-refractivity contribution < 1.29 is 13.9 Å². The first-order valence-corrected chi connectivity index (χ1v) is 6.13. The van der Waals surface area contributed by atoms with E-state index in [1.165, 1.54) is 12.3 Å². The van der Waals surface area contributed by atoms with Crippen molar-refractivity contribution in [1.82, 2.24) is 4.98 Å². The number of aliphatic hydroxyl groups is 1. The maximum atomic E-state index is 13.7. The quantitative estimate of drug-likeness (QED) is 0.772. The Morgan fingerprint density at radius 3 is 2.40 bits per heavy atom. The zero-order valence-corrected chi connectivity index (χ0v) is 10.4. The third kappa shape index (κ3) is 2.14. The second kappa shape index (κ2) is 4.98. The van der Waals surface area contributed by atoms with Crippen LogP contribution in [0.15, 0.2) is 54.7 Å². The van der Waals surface area contributed by atoms with Crippen molar-refractivity contribution in [1.29, 1.82) is 0 Å². The molecule has 4 heteroatoms. The molecule has 0 saturated carbocycles. The van der Waals surface area contributed by atoms with Gasteiger partial charge in [-0.15, -0.1) is 0 Å². The van der Waals surface area contributed by atoms with Gasteiger partial charge in [-0.05, 0) is 24.3 Å². The Balaban J connectivity index is 2.10. The zero-order valence-electron chi connectivity index (χ0n) is 10.4. The number of hydrogen-bond donors (Lipinski definition) is 1. The van der Waals surface area contributed by atoms with Crippen LogP contribution in [0.25, 0.3) is 10.9 Å². The Morgan fingerprint density at radius 1 is 0.950 bits per heavy atom. The average Bonchev–Trinajstić information content (AvgIpc) is 2.46. The smallest absolute Gasteiger partial charge is 0.132 e. The van der Waals surface area contributed by atoms with E-state index in [1.54, 1.807) is 6.07 Å². The Bertz CT molecular complexity index is 753. The molecular formula is C16H11F2NO. The largest absolute Gasteiger partial charge is 0.383 e. The molecule has 0 saturated heterocycles. The van der Waals surface area contributed by atoms with Crippen LogP contribution in [-0.2, 0) is 0 Å². The van der Waals surface area contributed by atoms with E-state index in [1.807, 2.05) is 24.3 Å². The molecule has 0 fully saturated rings. The molecule has 3 rings (SSSR count). The van der Waals surface area contributed by atoms with Gasteiger partial charge < -0.3 is 5.11 Å². The van der Waals surface area contributed by atoms with Crippen molar-refractivity contribution in [3.63, 3.8) is 0 Å². The fourth-order valence-corrected chi connectivity index (χ4v) is 2.18. The number of fused-ring (bicyclic) bond motifs is 1. The highest BCUT2D eigenvalue weighted by Crippen LogP contribution is 2.27. The van der Waals surface area contributed by atoms with E-state index in [0.29, 0.717) is 5.56 Å². The molecule has 1 unspecified atom stereocenters. The summed E-state index contributed by atoms with van der Waals surface area (Å²) in [5, 5.41) is 11.0. The van der Waals surface area contributed by atoms with Crippen molar-refractivity contribution in [2.24, 2.45) is 0 Å². The molecule has 0 bridgehead atoms. The summed E-state index contributed by atoms with van der Waals surface area (Å²) in [5.41, 5.74) is 0.759. The first kappa shape index (κ1) is 12.7.